The fraction of sp³-hybridized carbons (Fsp3) is 0.0769. The van der Waals surface area contributed by atoms with Gasteiger partial charge in [-0.25, -0.2) is 9.78 Å². The van der Waals surface area contributed by atoms with Gasteiger partial charge < -0.3 is 10.2 Å². The lowest BCUT2D eigenvalue weighted by molar-refractivity contribution is 0.528. The van der Waals surface area contributed by atoms with Crippen molar-refractivity contribution >= 4 is 39.7 Å². The molecule has 3 aromatic rings. The maximum absolute atomic E-state index is 11.4. The number of nitrogens with two attached hydrogens (primary N) is 1. The predicted octanol–water partition coefficient (Wildman–Crippen LogP) is 2.34. The van der Waals surface area contributed by atoms with E-state index in [0.717, 1.165) is 16.8 Å². The van der Waals surface area contributed by atoms with Gasteiger partial charge in [-0.15, -0.1) is 11.3 Å². The van der Waals surface area contributed by atoms with Gasteiger partial charge >= 0.3 is 5.76 Å². The molecule has 0 aliphatic carbocycles. The van der Waals surface area contributed by atoms with E-state index >= 15 is 0 Å². The van der Waals surface area contributed by atoms with E-state index in [4.69, 9.17) is 10.2 Å². The van der Waals surface area contributed by atoms with Gasteiger partial charge in [-0.3, -0.25) is 4.57 Å². The second kappa shape index (κ2) is 4.40. The van der Waals surface area contributed by atoms with Gasteiger partial charge in [0, 0.05) is 12.4 Å². The first-order chi connectivity index (χ1) is 9.13. The van der Waals surface area contributed by atoms with Crippen molar-refractivity contribution in [1.29, 1.82) is 0 Å². The molecule has 0 atom stereocenters. The Balaban J connectivity index is 1.97. The van der Waals surface area contributed by atoms with Crippen molar-refractivity contribution in [3.05, 3.63) is 45.4 Å². The number of aryl methyl sites for hydroxylation is 1. The summed E-state index contributed by atoms with van der Waals surface area (Å²) in [6.45, 7) is 0. The fourth-order valence-electron chi connectivity index (χ4n) is 1.81. The van der Waals surface area contributed by atoms with Crippen LogP contribution in [0.15, 0.2) is 32.8 Å². The summed E-state index contributed by atoms with van der Waals surface area (Å²) in [7, 11) is 1.68. The summed E-state index contributed by atoms with van der Waals surface area (Å²) < 4.78 is 6.61. The maximum atomic E-state index is 11.4. The van der Waals surface area contributed by atoms with Crippen molar-refractivity contribution < 1.29 is 4.42 Å². The van der Waals surface area contributed by atoms with Gasteiger partial charge in [0.15, 0.2) is 10.7 Å². The third-order valence-corrected chi connectivity index (χ3v) is 3.49. The Labute approximate surface area is 112 Å². The van der Waals surface area contributed by atoms with Crippen LogP contribution in [0.3, 0.4) is 0 Å². The molecule has 0 unspecified atom stereocenters. The Bertz CT molecular complexity index is 826. The number of hydrogen-bond donors (Lipinski definition) is 1. The van der Waals surface area contributed by atoms with Gasteiger partial charge in [0.05, 0.1) is 11.2 Å². The molecule has 0 saturated heterocycles. The third-order valence-electron chi connectivity index (χ3n) is 2.80. The highest BCUT2D eigenvalue weighted by atomic mass is 32.1. The van der Waals surface area contributed by atoms with Crippen molar-refractivity contribution in [1.82, 2.24) is 9.55 Å². The number of nitrogens with zero attached hydrogens (tertiary/aromatic N) is 2. The van der Waals surface area contributed by atoms with E-state index in [1.165, 1.54) is 15.9 Å². The first-order valence-electron chi connectivity index (χ1n) is 5.62. The van der Waals surface area contributed by atoms with Gasteiger partial charge in [0.1, 0.15) is 0 Å². The summed E-state index contributed by atoms with van der Waals surface area (Å²) in [5, 5.41) is 2.43. The first-order valence-corrected chi connectivity index (χ1v) is 6.50. The van der Waals surface area contributed by atoms with Crippen molar-refractivity contribution in [2.24, 2.45) is 7.05 Å². The van der Waals surface area contributed by atoms with E-state index in [1.54, 1.807) is 7.05 Å². The van der Waals surface area contributed by atoms with Crippen LogP contribution in [0.5, 0.6) is 0 Å². The monoisotopic (exact) mass is 273 g/mol. The molecule has 1 aromatic carbocycles. The molecule has 0 spiro atoms. The van der Waals surface area contributed by atoms with E-state index in [2.05, 4.69) is 4.98 Å². The van der Waals surface area contributed by atoms with Crippen LogP contribution < -0.4 is 11.5 Å². The molecule has 2 aromatic heterocycles. The van der Waals surface area contributed by atoms with Crippen LogP contribution in [0.2, 0.25) is 0 Å². The highest BCUT2D eigenvalue weighted by Crippen LogP contribution is 2.17. The van der Waals surface area contributed by atoms with Crippen molar-refractivity contribution in [3.63, 3.8) is 0 Å². The van der Waals surface area contributed by atoms with E-state index in [0.29, 0.717) is 10.7 Å². The molecule has 6 heteroatoms. The summed E-state index contributed by atoms with van der Waals surface area (Å²) in [4.78, 5) is 15.5. The van der Waals surface area contributed by atoms with Crippen LogP contribution in [0.1, 0.15) is 11.3 Å². The smallest absolute Gasteiger partial charge is 0.408 e. The number of hydrogen-bond acceptors (Lipinski definition) is 5. The summed E-state index contributed by atoms with van der Waals surface area (Å²) in [5.41, 5.74) is 8.67. The lowest BCUT2D eigenvalue weighted by Gasteiger charge is -1.94. The standard InChI is InChI=1S/C13H11N3O2S/c1-16-10-5-3-8(6-11(10)18-13(16)17)2-4-9-7-19-12(14)15-9/h2-7H,1H3,(H2,14,15). The molecular weight excluding hydrogens is 262 g/mol. The number of oxazole rings is 1. The summed E-state index contributed by atoms with van der Waals surface area (Å²) in [6.07, 6.45) is 3.77. The largest absolute Gasteiger partial charge is 0.419 e. The molecule has 0 aliphatic rings. The maximum Gasteiger partial charge on any atom is 0.419 e. The lowest BCUT2D eigenvalue weighted by atomic mass is 10.2. The molecule has 19 heavy (non-hydrogen) atoms. The minimum Gasteiger partial charge on any atom is -0.408 e. The minimum absolute atomic E-state index is 0.358. The normalized spacial score (nSPS) is 11.6. The number of rotatable bonds is 2. The molecule has 0 radical (unpaired) electrons. The number of benzene rings is 1. The van der Waals surface area contributed by atoms with Gasteiger partial charge in [-0.05, 0) is 23.8 Å². The molecular formula is C13H11N3O2S. The Morgan fingerprint density at radius 3 is 3.00 bits per heavy atom. The molecule has 3 rings (SSSR count). The van der Waals surface area contributed by atoms with Crippen molar-refractivity contribution in [2.75, 3.05) is 5.73 Å². The predicted molar refractivity (Wildman–Crippen MR) is 76.9 cm³/mol. The quantitative estimate of drug-likeness (QED) is 0.777. The topological polar surface area (TPSA) is 74.0 Å². The fourth-order valence-corrected chi connectivity index (χ4v) is 2.34. The number of fused-ring (bicyclic) bond motifs is 1. The number of thiazole rings is 1. The molecule has 0 aliphatic heterocycles. The Morgan fingerprint density at radius 2 is 2.26 bits per heavy atom. The summed E-state index contributed by atoms with van der Waals surface area (Å²) in [5.74, 6) is -0.358. The van der Waals surface area contributed by atoms with E-state index < -0.39 is 0 Å². The van der Waals surface area contributed by atoms with Crippen LogP contribution in [0.4, 0.5) is 5.13 Å². The zero-order valence-corrected chi connectivity index (χ0v) is 11.0. The Morgan fingerprint density at radius 1 is 1.42 bits per heavy atom. The van der Waals surface area contributed by atoms with Crippen LogP contribution in [-0.2, 0) is 7.05 Å². The average Bonchev–Trinajstić information content (AvgIpc) is 2.92. The Kier molecular flexibility index (Phi) is 2.72. The zero-order chi connectivity index (χ0) is 13.4. The molecule has 0 saturated carbocycles. The van der Waals surface area contributed by atoms with Gasteiger partial charge in [-0.2, -0.15) is 0 Å². The highest BCUT2D eigenvalue weighted by Gasteiger charge is 2.05. The average molecular weight is 273 g/mol. The SMILES string of the molecule is Cn1c(=O)oc2cc(C=Cc3csc(N)n3)ccc21. The van der Waals surface area contributed by atoms with Crippen LogP contribution in [0.25, 0.3) is 23.3 Å². The van der Waals surface area contributed by atoms with Crippen LogP contribution in [0, 0.1) is 0 Å². The van der Waals surface area contributed by atoms with Crippen molar-refractivity contribution in [2.45, 2.75) is 0 Å². The number of anilines is 1. The second-order valence-corrected chi connectivity index (χ2v) is 4.99. The van der Waals surface area contributed by atoms with Crippen molar-refractivity contribution in [3.8, 4) is 0 Å². The highest BCUT2D eigenvalue weighted by molar-refractivity contribution is 7.13. The number of nitrogen functional groups attached to an aromatic ring is 1. The van der Waals surface area contributed by atoms with E-state index in [1.807, 2.05) is 35.7 Å². The minimum atomic E-state index is -0.358. The van der Waals surface area contributed by atoms with E-state index in [-0.39, 0.29) is 5.76 Å². The molecule has 5 nitrogen and oxygen atoms in total. The summed E-state index contributed by atoms with van der Waals surface area (Å²) >= 11 is 1.40. The molecule has 96 valence electrons. The summed E-state index contributed by atoms with van der Waals surface area (Å²) in [6, 6.07) is 5.60. The van der Waals surface area contributed by atoms with Crippen LogP contribution in [-0.4, -0.2) is 9.55 Å². The lowest BCUT2D eigenvalue weighted by Crippen LogP contribution is -2.08. The molecule has 0 amide bonds. The van der Waals surface area contributed by atoms with E-state index in [9.17, 15) is 4.79 Å². The first kappa shape index (κ1) is 11.7. The second-order valence-electron chi connectivity index (χ2n) is 4.10. The molecule has 0 fully saturated rings. The van der Waals surface area contributed by atoms with Crippen LogP contribution >= 0.6 is 11.3 Å². The number of aromatic nitrogens is 2. The molecule has 2 N–H and O–H groups in total. The molecule has 0 bridgehead atoms. The third kappa shape index (κ3) is 2.17. The van der Waals surface area contributed by atoms with Gasteiger partial charge in [0.25, 0.3) is 0 Å². The van der Waals surface area contributed by atoms with Gasteiger partial charge in [0.2, 0.25) is 0 Å². The zero-order valence-electron chi connectivity index (χ0n) is 10.2. The Hall–Kier alpha value is -2.34. The molecule has 2 heterocycles. The van der Waals surface area contributed by atoms with Gasteiger partial charge in [-0.1, -0.05) is 12.1 Å².